The number of ether oxygens (including phenoxy) is 1. The van der Waals surface area contributed by atoms with Gasteiger partial charge < -0.3 is 28.9 Å². The highest BCUT2D eigenvalue weighted by molar-refractivity contribution is 7.90. The van der Waals surface area contributed by atoms with Crippen molar-refractivity contribution in [1.29, 1.82) is 0 Å². The molecule has 0 bridgehead atoms. The number of nitrogen functional groups attached to an aromatic ring is 1. The summed E-state index contributed by atoms with van der Waals surface area (Å²) in [5.41, 5.74) is 8.54. The van der Waals surface area contributed by atoms with Crippen molar-refractivity contribution in [3.63, 3.8) is 0 Å². The van der Waals surface area contributed by atoms with E-state index in [2.05, 4.69) is 25.0 Å². The van der Waals surface area contributed by atoms with Gasteiger partial charge in [-0.2, -0.15) is 9.50 Å². The molecule has 12 nitrogen and oxygen atoms in total. The van der Waals surface area contributed by atoms with Gasteiger partial charge in [-0.3, -0.25) is 4.90 Å². The Morgan fingerprint density at radius 1 is 1.13 bits per heavy atom. The number of aromatic nitrogens is 6. The molecule has 6 rings (SSSR count). The molecule has 0 radical (unpaired) electrons. The van der Waals surface area contributed by atoms with Crippen LogP contribution >= 0.6 is 0 Å². The van der Waals surface area contributed by atoms with Crippen molar-refractivity contribution in [2.45, 2.75) is 6.54 Å². The Labute approximate surface area is 226 Å². The first-order valence-electron chi connectivity index (χ1n) is 12.6. The van der Waals surface area contributed by atoms with Crippen LogP contribution in [0.1, 0.15) is 0 Å². The number of imidazole rings is 1. The summed E-state index contributed by atoms with van der Waals surface area (Å²) in [6.45, 7) is 4.75. The van der Waals surface area contributed by atoms with Crippen molar-refractivity contribution in [3.8, 4) is 17.3 Å². The minimum absolute atomic E-state index is 0.219. The molecule has 0 spiro atoms. The molecule has 0 unspecified atom stereocenters. The molecule has 1 aliphatic rings. The predicted octanol–water partition coefficient (Wildman–Crippen LogP) is 2.03. The zero-order chi connectivity index (χ0) is 26.9. The van der Waals surface area contributed by atoms with Gasteiger partial charge in [0.2, 0.25) is 11.8 Å². The molecule has 2 N–H and O–H groups in total. The molecular weight excluding hydrogens is 525 g/mol. The predicted molar refractivity (Wildman–Crippen MR) is 146 cm³/mol. The van der Waals surface area contributed by atoms with Gasteiger partial charge in [-0.1, -0.05) is 11.2 Å². The molecule has 1 aromatic carbocycles. The van der Waals surface area contributed by atoms with Crippen LogP contribution in [-0.2, 0) is 17.7 Å². The van der Waals surface area contributed by atoms with E-state index in [1.54, 1.807) is 43.1 Å². The number of rotatable bonds is 9. The van der Waals surface area contributed by atoms with Crippen LogP contribution < -0.4 is 15.4 Å². The van der Waals surface area contributed by atoms with Gasteiger partial charge in [-0.05, 0) is 24.3 Å². The molecule has 39 heavy (non-hydrogen) atoms. The molecule has 5 aromatic rings. The van der Waals surface area contributed by atoms with Gasteiger partial charge in [0, 0.05) is 45.3 Å². The Bertz CT molecular complexity index is 1580. The summed E-state index contributed by atoms with van der Waals surface area (Å²) in [7, 11) is 0. The fraction of sp³-hybridized carbons (Fsp3) is 0.360. The maximum atomic E-state index is 14.8. The van der Waals surface area contributed by atoms with Gasteiger partial charge in [0.05, 0.1) is 24.5 Å². The molecule has 1 atom stereocenters. The van der Waals surface area contributed by atoms with Gasteiger partial charge in [0.25, 0.3) is 0 Å². The fourth-order valence-corrected chi connectivity index (χ4v) is 5.00. The summed E-state index contributed by atoms with van der Waals surface area (Å²) in [6, 6.07) is 8.46. The molecule has 0 aliphatic carbocycles. The number of anilines is 2. The normalized spacial score (nSPS) is 15.4. The fourth-order valence-electron chi connectivity index (χ4n) is 4.68. The third-order valence-corrected chi connectivity index (χ3v) is 7.48. The summed E-state index contributed by atoms with van der Waals surface area (Å²) in [4.78, 5) is 18.0. The molecular formula is C25H28FN9O3S. The van der Waals surface area contributed by atoms with E-state index in [4.69, 9.17) is 14.9 Å². The maximum Gasteiger partial charge on any atom is 0.225 e. The van der Waals surface area contributed by atoms with E-state index in [1.807, 2.05) is 9.47 Å². The molecule has 5 heterocycles. The summed E-state index contributed by atoms with van der Waals surface area (Å²) in [5.74, 6) is 1.73. The Morgan fingerprint density at radius 2 is 1.97 bits per heavy atom. The van der Waals surface area contributed by atoms with E-state index in [0.717, 1.165) is 19.6 Å². The zero-order valence-electron chi connectivity index (χ0n) is 21.4. The average molecular weight is 554 g/mol. The summed E-state index contributed by atoms with van der Waals surface area (Å²) in [6.07, 6.45) is 4.92. The number of nitrogens with two attached hydrogens (primary N) is 1. The van der Waals surface area contributed by atoms with Crippen molar-refractivity contribution in [3.05, 3.63) is 48.7 Å². The van der Waals surface area contributed by atoms with Gasteiger partial charge >= 0.3 is 0 Å². The third kappa shape index (κ3) is 5.22. The van der Waals surface area contributed by atoms with E-state index in [9.17, 15) is 8.94 Å². The van der Waals surface area contributed by atoms with Crippen molar-refractivity contribution >= 4 is 39.6 Å². The highest BCUT2D eigenvalue weighted by atomic mass is 32.2. The lowest BCUT2D eigenvalue weighted by Crippen LogP contribution is -2.47. The minimum Gasteiger partial charge on any atom is -0.616 e. The lowest BCUT2D eigenvalue weighted by atomic mass is 10.2. The first-order chi connectivity index (χ1) is 19.0. The summed E-state index contributed by atoms with van der Waals surface area (Å²) in [5, 5.41) is 4.41. The van der Waals surface area contributed by atoms with Crippen molar-refractivity contribution in [2.24, 2.45) is 0 Å². The van der Waals surface area contributed by atoms with Crippen LogP contribution in [0.3, 0.4) is 0 Å². The van der Waals surface area contributed by atoms with E-state index < -0.39 is 11.2 Å². The largest absolute Gasteiger partial charge is 0.616 e. The Balaban J connectivity index is 1.08. The van der Waals surface area contributed by atoms with Crippen LogP contribution in [0.15, 0.2) is 47.3 Å². The van der Waals surface area contributed by atoms with Crippen LogP contribution in [0.4, 0.5) is 16.0 Å². The van der Waals surface area contributed by atoms with Gasteiger partial charge in [0.15, 0.2) is 22.6 Å². The van der Waals surface area contributed by atoms with Gasteiger partial charge in [0.1, 0.15) is 23.9 Å². The Kier molecular flexibility index (Phi) is 6.97. The lowest BCUT2D eigenvalue weighted by Gasteiger charge is -2.36. The van der Waals surface area contributed by atoms with Crippen molar-refractivity contribution < 1.29 is 18.1 Å². The number of hydrogen-bond donors (Lipinski definition) is 1. The quantitative estimate of drug-likeness (QED) is 0.270. The number of piperazine rings is 1. The zero-order valence-corrected chi connectivity index (χ0v) is 22.2. The molecule has 0 amide bonds. The van der Waals surface area contributed by atoms with Crippen molar-refractivity contribution in [1.82, 2.24) is 34.0 Å². The van der Waals surface area contributed by atoms with Crippen LogP contribution in [-0.4, -0.2) is 89.9 Å². The average Bonchev–Trinajstić information content (AvgIpc) is 3.68. The lowest BCUT2D eigenvalue weighted by molar-refractivity contribution is 0.248. The number of benzene rings is 1. The highest BCUT2D eigenvalue weighted by Gasteiger charge is 2.21. The van der Waals surface area contributed by atoms with Gasteiger partial charge in [-0.25, -0.2) is 14.4 Å². The summed E-state index contributed by atoms with van der Waals surface area (Å²) < 4.78 is 40.3. The minimum atomic E-state index is -0.942. The monoisotopic (exact) mass is 553 g/mol. The Morgan fingerprint density at radius 3 is 2.72 bits per heavy atom. The highest BCUT2D eigenvalue weighted by Crippen LogP contribution is 2.26. The standard InChI is InChI=1S/C25H28FN9O3S/c1-39(36)14-13-37-17-4-5-19(18(26)15-17)33-9-6-32(7-10-33)8-11-34-16-28-21-23(34)30-25(27)35-24(21)29-22(31-35)20-3-2-12-38-20/h2-5,12,15-16H,6-11,13-14H2,1H3,(H2,27,30)/t39-/m0/s1. The molecule has 1 saturated heterocycles. The number of nitrogens with zero attached hydrogens (tertiary/aromatic N) is 8. The molecule has 14 heteroatoms. The second kappa shape index (κ2) is 10.7. The maximum absolute atomic E-state index is 14.8. The molecule has 1 fully saturated rings. The van der Waals surface area contributed by atoms with E-state index in [1.165, 1.54) is 10.6 Å². The van der Waals surface area contributed by atoms with Gasteiger partial charge in [-0.15, -0.1) is 5.10 Å². The second-order valence-corrected chi connectivity index (χ2v) is 10.9. The van der Waals surface area contributed by atoms with E-state index in [0.29, 0.717) is 71.8 Å². The van der Waals surface area contributed by atoms with E-state index in [-0.39, 0.29) is 11.8 Å². The molecule has 4 aromatic heterocycles. The summed E-state index contributed by atoms with van der Waals surface area (Å²) >= 11 is -0.942. The third-order valence-electron chi connectivity index (χ3n) is 6.74. The molecule has 204 valence electrons. The van der Waals surface area contributed by atoms with E-state index >= 15 is 0 Å². The number of halogens is 1. The number of furan rings is 1. The molecule has 0 saturated carbocycles. The van der Waals surface area contributed by atoms with Crippen LogP contribution in [0.2, 0.25) is 0 Å². The Hall–Kier alpha value is -3.88. The van der Waals surface area contributed by atoms with Crippen LogP contribution in [0.5, 0.6) is 5.75 Å². The van der Waals surface area contributed by atoms with Crippen LogP contribution in [0.25, 0.3) is 28.4 Å². The SMILES string of the molecule is C[S@+]([O-])CCOc1ccc(N2CCN(CCn3cnc4c3nc(N)n3nc(-c5ccco5)nc43)CC2)c(F)c1. The molecule has 1 aliphatic heterocycles. The van der Waals surface area contributed by atoms with Crippen molar-refractivity contribution in [2.75, 3.05) is 62.0 Å². The van der Waals surface area contributed by atoms with Crippen LogP contribution in [0, 0.1) is 5.82 Å². The smallest absolute Gasteiger partial charge is 0.225 e. The number of hydrogen-bond acceptors (Lipinski definition) is 10. The first kappa shape index (κ1) is 25.4. The second-order valence-electron chi connectivity index (χ2n) is 9.30. The topological polar surface area (TPSA) is 139 Å². The first-order valence-corrected chi connectivity index (χ1v) is 14.3. The number of fused-ring (bicyclic) bond motifs is 3.